The van der Waals surface area contributed by atoms with Gasteiger partial charge in [-0.15, -0.1) is 0 Å². The Bertz CT molecular complexity index is 301. The molecule has 0 atom stereocenters. The summed E-state index contributed by atoms with van der Waals surface area (Å²) in [6.07, 6.45) is 1.59. The number of hydrogen-bond donors (Lipinski definition) is 3. The van der Waals surface area contributed by atoms with Gasteiger partial charge in [0.25, 0.3) is 0 Å². The Balaban J connectivity index is 0.000000921. The highest BCUT2D eigenvalue weighted by atomic mass is 16.3. The standard InChI is InChI=1S/C9H14N2O2.C2H6/c1-6-9(13)8(4-10-2)7(5-12)3-11-6;1-2/h3,10,12-13H,4-5H2,1-2H3;1-2H3. The van der Waals surface area contributed by atoms with Crippen LogP contribution in [0.2, 0.25) is 0 Å². The highest BCUT2D eigenvalue weighted by molar-refractivity contribution is 5.40. The maximum Gasteiger partial charge on any atom is 0.141 e. The summed E-state index contributed by atoms with van der Waals surface area (Å²) < 4.78 is 0. The fourth-order valence-electron chi connectivity index (χ4n) is 1.19. The normalized spacial score (nSPS) is 9.40. The highest BCUT2D eigenvalue weighted by Gasteiger charge is 2.09. The average Bonchev–Trinajstić information content (AvgIpc) is 2.28. The van der Waals surface area contributed by atoms with Gasteiger partial charge in [-0.2, -0.15) is 0 Å². The second-order valence-electron chi connectivity index (χ2n) is 2.88. The van der Waals surface area contributed by atoms with E-state index in [2.05, 4.69) is 10.3 Å². The first-order valence-corrected chi connectivity index (χ1v) is 5.12. The number of aromatic nitrogens is 1. The van der Waals surface area contributed by atoms with Gasteiger partial charge in [-0.3, -0.25) is 4.98 Å². The van der Waals surface area contributed by atoms with E-state index in [1.54, 1.807) is 20.2 Å². The molecule has 86 valence electrons. The Kier molecular flexibility index (Phi) is 6.66. The molecule has 0 bridgehead atoms. The summed E-state index contributed by atoms with van der Waals surface area (Å²) in [6.45, 7) is 6.17. The van der Waals surface area contributed by atoms with Gasteiger partial charge in [0.05, 0.1) is 12.3 Å². The summed E-state index contributed by atoms with van der Waals surface area (Å²) in [5.74, 6) is 0.168. The summed E-state index contributed by atoms with van der Waals surface area (Å²) in [4.78, 5) is 3.95. The first-order chi connectivity index (χ1) is 7.20. The number of nitrogens with zero attached hydrogens (tertiary/aromatic N) is 1. The molecule has 0 fully saturated rings. The van der Waals surface area contributed by atoms with Crippen LogP contribution < -0.4 is 5.32 Å². The first-order valence-electron chi connectivity index (χ1n) is 5.12. The van der Waals surface area contributed by atoms with Crippen molar-refractivity contribution in [2.24, 2.45) is 0 Å². The fourth-order valence-corrected chi connectivity index (χ4v) is 1.19. The molecule has 0 aliphatic carbocycles. The van der Waals surface area contributed by atoms with Crippen molar-refractivity contribution in [1.29, 1.82) is 0 Å². The number of nitrogens with one attached hydrogen (secondary N) is 1. The van der Waals surface area contributed by atoms with Crippen LogP contribution in [0.25, 0.3) is 0 Å². The molecule has 3 N–H and O–H groups in total. The maximum atomic E-state index is 9.63. The number of aliphatic hydroxyl groups is 1. The number of rotatable bonds is 3. The monoisotopic (exact) mass is 212 g/mol. The van der Waals surface area contributed by atoms with Crippen molar-refractivity contribution in [2.45, 2.75) is 33.9 Å². The summed E-state index contributed by atoms with van der Waals surface area (Å²) in [5.41, 5.74) is 1.97. The largest absolute Gasteiger partial charge is 0.506 e. The van der Waals surface area contributed by atoms with Gasteiger partial charge in [0, 0.05) is 23.9 Å². The van der Waals surface area contributed by atoms with Crippen molar-refractivity contribution >= 4 is 0 Å². The van der Waals surface area contributed by atoms with Crippen molar-refractivity contribution in [1.82, 2.24) is 10.3 Å². The third-order valence-corrected chi connectivity index (χ3v) is 1.95. The molecule has 0 unspecified atom stereocenters. The molecule has 1 heterocycles. The zero-order valence-electron chi connectivity index (χ0n) is 9.83. The fraction of sp³-hybridized carbons (Fsp3) is 0.545. The highest BCUT2D eigenvalue weighted by Crippen LogP contribution is 2.23. The van der Waals surface area contributed by atoms with E-state index in [0.29, 0.717) is 17.8 Å². The molecule has 1 aromatic heterocycles. The Morgan fingerprint density at radius 1 is 1.40 bits per heavy atom. The molecular weight excluding hydrogens is 192 g/mol. The molecule has 0 saturated heterocycles. The SMILES string of the molecule is CC.CNCc1c(CO)cnc(C)c1O. The summed E-state index contributed by atoms with van der Waals surface area (Å²) in [6, 6.07) is 0. The molecule has 0 aliphatic heterocycles. The van der Waals surface area contributed by atoms with Crippen LogP contribution in [0.1, 0.15) is 30.7 Å². The van der Waals surface area contributed by atoms with E-state index in [-0.39, 0.29) is 12.4 Å². The van der Waals surface area contributed by atoms with Crippen LogP contribution in [0, 0.1) is 6.92 Å². The van der Waals surface area contributed by atoms with Crippen LogP contribution in [0.5, 0.6) is 5.75 Å². The van der Waals surface area contributed by atoms with Gasteiger partial charge in [-0.1, -0.05) is 13.8 Å². The van der Waals surface area contributed by atoms with E-state index in [1.165, 1.54) is 0 Å². The van der Waals surface area contributed by atoms with Crippen LogP contribution >= 0.6 is 0 Å². The van der Waals surface area contributed by atoms with Crippen molar-refractivity contribution in [3.05, 3.63) is 23.0 Å². The minimum Gasteiger partial charge on any atom is -0.506 e. The number of aryl methyl sites for hydroxylation is 1. The van der Waals surface area contributed by atoms with Crippen molar-refractivity contribution in [2.75, 3.05) is 7.05 Å². The van der Waals surface area contributed by atoms with Crippen LogP contribution in [-0.2, 0) is 13.2 Å². The quantitative estimate of drug-likeness (QED) is 0.707. The molecule has 0 aliphatic rings. The lowest BCUT2D eigenvalue weighted by atomic mass is 10.1. The predicted octanol–water partition coefficient (Wildman–Crippen LogP) is 1.33. The van der Waals surface area contributed by atoms with Gasteiger partial charge >= 0.3 is 0 Å². The summed E-state index contributed by atoms with van der Waals surface area (Å²) >= 11 is 0. The van der Waals surface area contributed by atoms with Crippen LogP contribution in [0.3, 0.4) is 0 Å². The van der Waals surface area contributed by atoms with Crippen LogP contribution in [0.15, 0.2) is 6.20 Å². The molecule has 4 heteroatoms. The van der Waals surface area contributed by atoms with Crippen LogP contribution in [-0.4, -0.2) is 22.2 Å². The Hall–Kier alpha value is -1.13. The summed E-state index contributed by atoms with van der Waals surface area (Å²) in [5, 5.41) is 21.5. The third-order valence-electron chi connectivity index (χ3n) is 1.95. The number of pyridine rings is 1. The number of aliphatic hydroxyl groups excluding tert-OH is 1. The average molecular weight is 212 g/mol. The van der Waals surface area contributed by atoms with Crippen molar-refractivity contribution < 1.29 is 10.2 Å². The van der Waals surface area contributed by atoms with Gasteiger partial charge in [-0.05, 0) is 14.0 Å². The molecule has 15 heavy (non-hydrogen) atoms. The minimum atomic E-state index is -0.0994. The molecule has 0 spiro atoms. The predicted molar refractivity (Wildman–Crippen MR) is 60.7 cm³/mol. The van der Waals surface area contributed by atoms with Gasteiger partial charge < -0.3 is 15.5 Å². The zero-order chi connectivity index (χ0) is 11.8. The van der Waals surface area contributed by atoms with Gasteiger partial charge in [0.15, 0.2) is 0 Å². The zero-order valence-corrected chi connectivity index (χ0v) is 9.83. The van der Waals surface area contributed by atoms with E-state index in [1.807, 2.05) is 13.8 Å². The molecular formula is C11H20N2O2. The Morgan fingerprint density at radius 2 is 2.00 bits per heavy atom. The first kappa shape index (κ1) is 13.9. The second-order valence-corrected chi connectivity index (χ2v) is 2.88. The molecule has 0 radical (unpaired) electrons. The van der Waals surface area contributed by atoms with E-state index in [4.69, 9.17) is 5.11 Å². The topological polar surface area (TPSA) is 65.4 Å². The number of aromatic hydroxyl groups is 1. The Labute approximate surface area is 91.0 Å². The molecule has 0 saturated carbocycles. The second kappa shape index (κ2) is 7.20. The van der Waals surface area contributed by atoms with E-state index >= 15 is 0 Å². The number of hydrogen-bond acceptors (Lipinski definition) is 4. The van der Waals surface area contributed by atoms with Crippen molar-refractivity contribution in [3.8, 4) is 5.75 Å². The van der Waals surface area contributed by atoms with E-state index in [0.717, 1.165) is 5.56 Å². The van der Waals surface area contributed by atoms with Crippen LogP contribution in [0.4, 0.5) is 0 Å². The van der Waals surface area contributed by atoms with E-state index < -0.39 is 0 Å². The lowest BCUT2D eigenvalue weighted by molar-refractivity contribution is 0.278. The molecule has 0 amide bonds. The lowest BCUT2D eigenvalue weighted by Crippen LogP contribution is -2.09. The smallest absolute Gasteiger partial charge is 0.141 e. The van der Waals surface area contributed by atoms with Gasteiger partial charge in [0.2, 0.25) is 0 Å². The molecule has 0 aromatic carbocycles. The molecule has 1 aromatic rings. The molecule has 4 nitrogen and oxygen atoms in total. The summed E-state index contributed by atoms with van der Waals surface area (Å²) in [7, 11) is 1.79. The molecule has 1 rings (SSSR count). The van der Waals surface area contributed by atoms with Gasteiger partial charge in [-0.25, -0.2) is 0 Å². The van der Waals surface area contributed by atoms with Gasteiger partial charge in [0.1, 0.15) is 5.75 Å². The minimum absolute atomic E-state index is 0.0994. The maximum absolute atomic E-state index is 9.63. The lowest BCUT2D eigenvalue weighted by Gasteiger charge is -2.10. The van der Waals surface area contributed by atoms with Crippen molar-refractivity contribution in [3.63, 3.8) is 0 Å². The third kappa shape index (κ3) is 3.49. The Morgan fingerprint density at radius 3 is 2.47 bits per heavy atom. The van der Waals surface area contributed by atoms with E-state index in [9.17, 15) is 5.11 Å².